The molecule has 0 saturated carbocycles. The Balaban J connectivity index is 2.99. The lowest BCUT2D eigenvalue weighted by molar-refractivity contribution is 0.296. The molecule has 0 aliphatic carbocycles. The third-order valence-corrected chi connectivity index (χ3v) is 6.47. The van der Waals surface area contributed by atoms with Crippen molar-refractivity contribution in [2.45, 2.75) is 6.92 Å². The Morgan fingerprint density at radius 3 is 2.53 bits per heavy atom. The van der Waals surface area contributed by atoms with Crippen molar-refractivity contribution in [3.63, 3.8) is 0 Å². The molecule has 1 atom stereocenters. The summed E-state index contributed by atoms with van der Waals surface area (Å²) in [6, 6.07) is 2.83. The maximum absolute atomic E-state index is 12.4. The first kappa shape index (κ1) is 17.2. The third-order valence-electron chi connectivity index (χ3n) is 1.82. The van der Waals surface area contributed by atoms with Crippen molar-refractivity contribution in [2.75, 3.05) is 12.4 Å². The van der Waals surface area contributed by atoms with Crippen molar-refractivity contribution in [3.8, 4) is 5.75 Å². The minimum Gasteiger partial charge on any atom is -0.415 e. The summed E-state index contributed by atoms with van der Waals surface area (Å²) in [5, 5.41) is 0.773. The molecule has 0 aromatic heterocycles. The SMILES string of the molecule is C=CCSP(=O)(OCC)Oc1cc(Cl)c(Cl)cc1Cl. The highest BCUT2D eigenvalue weighted by molar-refractivity contribution is 8.55. The van der Waals surface area contributed by atoms with Gasteiger partial charge in [0.1, 0.15) is 5.75 Å². The lowest BCUT2D eigenvalue weighted by Crippen LogP contribution is -1.96. The second-order valence-corrected chi connectivity index (χ2v) is 8.50. The first-order chi connectivity index (χ1) is 8.91. The van der Waals surface area contributed by atoms with Crippen molar-refractivity contribution < 1.29 is 13.6 Å². The Morgan fingerprint density at radius 1 is 1.32 bits per heavy atom. The fourth-order valence-corrected chi connectivity index (χ4v) is 4.69. The fourth-order valence-electron chi connectivity index (χ4n) is 1.09. The molecular weight excluding hydrogens is 350 g/mol. The summed E-state index contributed by atoms with van der Waals surface area (Å²) >= 11 is 18.7. The number of halogens is 3. The topological polar surface area (TPSA) is 35.5 Å². The predicted octanol–water partition coefficient (Wildman–Crippen LogP) is 6.09. The lowest BCUT2D eigenvalue weighted by Gasteiger charge is -2.18. The second-order valence-electron chi connectivity index (χ2n) is 3.24. The van der Waals surface area contributed by atoms with E-state index in [-0.39, 0.29) is 22.4 Å². The van der Waals surface area contributed by atoms with E-state index in [1.54, 1.807) is 13.0 Å². The van der Waals surface area contributed by atoms with Gasteiger partial charge in [-0.2, -0.15) is 0 Å². The van der Waals surface area contributed by atoms with E-state index < -0.39 is 6.80 Å². The highest BCUT2D eigenvalue weighted by Gasteiger charge is 2.27. The highest BCUT2D eigenvalue weighted by Crippen LogP contribution is 2.61. The highest BCUT2D eigenvalue weighted by atomic mass is 35.5. The quantitative estimate of drug-likeness (QED) is 0.334. The number of rotatable bonds is 7. The van der Waals surface area contributed by atoms with Gasteiger partial charge in [-0.3, -0.25) is 4.52 Å². The summed E-state index contributed by atoms with van der Waals surface area (Å²) in [5.41, 5.74) is 0. The zero-order valence-corrected chi connectivity index (χ0v) is 14.0. The maximum atomic E-state index is 12.4. The molecule has 19 heavy (non-hydrogen) atoms. The van der Waals surface area contributed by atoms with Gasteiger partial charge in [0.2, 0.25) is 0 Å². The minimum atomic E-state index is -3.36. The van der Waals surface area contributed by atoms with Gasteiger partial charge in [0, 0.05) is 11.8 Å². The molecule has 0 aliphatic rings. The molecular formula is C11H12Cl3O3PS. The van der Waals surface area contributed by atoms with E-state index in [1.807, 2.05) is 0 Å². The van der Waals surface area contributed by atoms with Gasteiger partial charge in [0.15, 0.2) is 0 Å². The van der Waals surface area contributed by atoms with Gasteiger partial charge in [0.05, 0.1) is 21.7 Å². The van der Waals surface area contributed by atoms with Crippen LogP contribution in [0.2, 0.25) is 15.1 Å². The fraction of sp³-hybridized carbons (Fsp3) is 0.273. The zero-order valence-electron chi connectivity index (χ0n) is 10.1. The molecule has 0 heterocycles. The molecule has 0 N–H and O–H groups in total. The van der Waals surface area contributed by atoms with E-state index in [9.17, 15) is 4.57 Å². The summed E-state index contributed by atoms with van der Waals surface area (Å²) < 4.78 is 23.0. The van der Waals surface area contributed by atoms with Crippen LogP contribution in [0.4, 0.5) is 0 Å². The number of hydrogen-bond donors (Lipinski definition) is 0. The van der Waals surface area contributed by atoms with E-state index in [2.05, 4.69) is 6.58 Å². The van der Waals surface area contributed by atoms with E-state index in [0.29, 0.717) is 10.8 Å². The second kappa shape index (κ2) is 7.82. The first-order valence-corrected chi connectivity index (χ1v) is 9.52. The van der Waals surface area contributed by atoms with Crippen LogP contribution in [0.25, 0.3) is 0 Å². The van der Waals surface area contributed by atoms with Gasteiger partial charge in [-0.25, -0.2) is 4.57 Å². The Bertz CT molecular complexity index is 510. The van der Waals surface area contributed by atoms with Gasteiger partial charge in [-0.15, -0.1) is 6.58 Å². The lowest BCUT2D eigenvalue weighted by atomic mass is 10.3. The molecule has 0 amide bonds. The normalized spacial score (nSPS) is 13.9. The zero-order chi connectivity index (χ0) is 14.5. The molecule has 8 heteroatoms. The van der Waals surface area contributed by atoms with Crippen LogP contribution in [0.3, 0.4) is 0 Å². The van der Waals surface area contributed by atoms with Crippen LogP contribution in [-0.4, -0.2) is 12.4 Å². The average molecular weight is 362 g/mol. The van der Waals surface area contributed by atoms with Crippen LogP contribution in [0, 0.1) is 0 Å². The molecule has 0 bridgehead atoms. The molecule has 0 aliphatic heterocycles. The van der Waals surface area contributed by atoms with E-state index in [4.69, 9.17) is 43.9 Å². The predicted molar refractivity (Wildman–Crippen MR) is 84.0 cm³/mol. The van der Waals surface area contributed by atoms with Crippen LogP contribution in [0.5, 0.6) is 5.75 Å². The molecule has 1 rings (SSSR count). The summed E-state index contributed by atoms with van der Waals surface area (Å²) in [7, 11) is 0. The molecule has 1 unspecified atom stereocenters. The molecule has 0 spiro atoms. The van der Waals surface area contributed by atoms with E-state index in [0.717, 1.165) is 11.4 Å². The van der Waals surface area contributed by atoms with Gasteiger partial charge < -0.3 is 4.52 Å². The Hall–Kier alpha value is 0.170. The number of hydrogen-bond acceptors (Lipinski definition) is 4. The van der Waals surface area contributed by atoms with Gasteiger partial charge in [-0.05, 0) is 24.4 Å². The summed E-state index contributed by atoms with van der Waals surface area (Å²) in [4.78, 5) is 0. The van der Waals surface area contributed by atoms with Crippen LogP contribution < -0.4 is 4.52 Å². The molecule has 106 valence electrons. The van der Waals surface area contributed by atoms with Gasteiger partial charge in [0.25, 0.3) is 0 Å². The Morgan fingerprint density at radius 2 is 1.95 bits per heavy atom. The first-order valence-electron chi connectivity index (χ1n) is 5.26. The van der Waals surface area contributed by atoms with E-state index >= 15 is 0 Å². The van der Waals surface area contributed by atoms with Crippen LogP contribution in [0.1, 0.15) is 6.92 Å². The largest absolute Gasteiger partial charge is 0.440 e. The van der Waals surface area contributed by atoms with Crippen LogP contribution >= 0.6 is 53.0 Å². The Kier molecular flexibility index (Phi) is 7.09. The van der Waals surface area contributed by atoms with Crippen molar-refractivity contribution in [1.82, 2.24) is 0 Å². The van der Waals surface area contributed by atoms with Gasteiger partial charge >= 0.3 is 6.80 Å². The molecule has 1 aromatic rings. The average Bonchev–Trinajstić information content (AvgIpc) is 2.34. The molecule has 0 fully saturated rings. The van der Waals surface area contributed by atoms with Crippen molar-refractivity contribution in [3.05, 3.63) is 39.9 Å². The summed E-state index contributed by atoms with van der Waals surface area (Å²) in [6.07, 6.45) is 1.61. The van der Waals surface area contributed by atoms with Crippen molar-refractivity contribution in [2.24, 2.45) is 0 Å². The molecule has 0 saturated heterocycles. The third kappa shape index (κ3) is 5.22. The number of benzene rings is 1. The standard InChI is InChI=1S/C11H12Cl3O3PS/c1-3-5-19-18(15,16-4-2)17-11-7-9(13)8(12)6-10(11)14/h3,6-7H,1,4-5H2,2H3. The smallest absolute Gasteiger partial charge is 0.415 e. The van der Waals surface area contributed by atoms with Gasteiger partial charge in [-0.1, -0.05) is 40.9 Å². The van der Waals surface area contributed by atoms with Crippen molar-refractivity contribution in [1.29, 1.82) is 0 Å². The summed E-state index contributed by atoms with van der Waals surface area (Å²) in [5.74, 6) is 0.598. The van der Waals surface area contributed by atoms with Crippen LogP contribution in [0.15, 0.2) is 24.8 Å². The Labute approximate surface area is 131 Å². The summed E-state index contributed by atoms with van der Waals surface area (Å²) in [6.45, 7) is 2.17. The monoisotopic (exact) mass is 360 g/mol. The van der Waals surface area contributed by atoms with Crippen LogP contribution in [-0.2, 0) is 9.09 Å². The molecule has 0 radical (unpaired) electrons. The minimum absolute atomic E-state index is 0.171. The van der Waals surface area contributed by atoms with Crippen molar-refractivity contribution >= 4 is 53.0 Å². The molecule has 1 aromatic carbocycles. The maximum Gasteiger partial charge on any atom is 0.440 e. The molecule has 3 nitrogen and oxygen atoms in total. The van der Waals surface area contributed by atoms with E-state index in [1.165, 1.54) is 12.1 Å².